The fourth-order valence-electron chi connectivity index (χ4n) is 1.45. The minimum atomic E-state index is -0.516. The fraction of sp³-hybridized carbons (Fsp3) is 0.250. The van der Waals surface area contributed by atoms with Crippen LogP contribution in [0, 0.1) is 0 Å². The summed E-state index contributed by atoms with van der Waals surface area (Å²) in [4.78, 5) is 14.0. The second-order valence-electron chi connectivity index (χ2n) is 3.59. The van der Waals surface area contributed by atoms with Gasteiger partial charge in [-0.3, -0.25) is 4.79 Å². The molecule has 0 saturated carbocycles. The van der Waals surface area contributed by atoms with E-state index in [2.05, 4.69) is 5.32 Å². The molecule has 2 rings (SSSR count). The third-order valence-electron chi connectivity index (χ3n) is 2.30. The highest BCUT2D eigenvalue weighted by Crippen LogP contribution is 2.29. The normalized spacial score (nSPS) is 12.6. The number of halogens is 1. The van der Waals surface area contributed by atoms with Crippen LogP contribution in [0.2, 0.25) is 0 Å². The van der Waals surface area contributed by atoms with Crippen molar-refractivity contribution in [3.8, 4) is 0 Å². The first kappa shape index (κ1) is 12.6. The summed E-state index contributed by atoms with van der Waals surface area (Å²) in [5.41, 5.74) is 0. The number of hydrogen-bond donors (Lipinski definition) is 1. The van der Waals surface area contributed by atoms with E-state index in [9.17, 15) is 4.79 Å². The van der Waals surface area contributed by atoms with Gasteiger partial charge in [-0.1, -0.05) is 12.1 Å². The maximum absolute atomic E-state index is 11.7. The number of thiophene rings is 2. The summed E-state index contributed by atoms with van der Waals surface area (Å²) in [7, 11) is 0. The van der Waals surface area contributed by atoms with Gasteiger partial charge in [0, 0.05) is 9.75 Å². The van der Waals surface area contributed by atoms with Crippen LogP contribution in [-0.2, 0) is 4.79 Å². The van der Waals surface area contributed by atoms with Crippen LogP contribution in [0.1, 0.15) is 22.7 Å². The zero-order valence-corrected chi connectivity index (χ0v) is 11.6. The van der Waals surface area contributed by atoms with Crippen molar-refractivity contribution in [2.75, 3.05) is 0 Å². The van der Waals surface area contributed by atoms with Crippen molar-refractivity contribution >= 4 is 40.2 Å². The largest absolute Gasteiger partial charge is 0.342 e. The molecule has 2 aromatic heterocycles. The van der Waals surface area contributed by atoms with Crippen molar-refractivity contribution in [3.05, 3.63) is 44.8 Å². The molecule has 90 valence electrons. The van der Waals surface area contributed by atoms with E-state index >= 15 is 0 Å². The van der Waals surface area contributed by atoms with E-state index in [1.165, 1.54) is 0 Å². The Kier molecular flexibility index (Phi) is 4.20. The molecule has 0 aliphatic heterocycles. The van der Waals surface area contributed by atoms with E-state index in [0.717, 1.165) is 9.75 Å². The van der Waals surface area contributed by atoms with Crippen LogP contribution >= 0.6 is 34.3 Å². The lowest BCUT2D eigenvalue weighted by molar-refractivity contribution is -0.120. The van der Waals surface area contributed by atoms with E-state index in [4.69, 9.17) is 11.6 Å². The summed E-state index contributed by atoms with van der Waals surface area (Å²) in [6, 6.07) is 7.93. The number of alkyl halides is 1. The quantitative estimate of drug-likeness (QED) is 0.854. The van der Waals surface area contributed by atoms with Gasteiger partial charge in [0.1, 0.15) is 5.38 Å². The molecule has 0 aliphatic rings. The van der Waals surface area contributed by atoms with E-state index in [-0.39, 0.29) is 11.9 Å². The van der Waals surface area contributed by atoms with Crippen LogP contribution in [0.3, 0.4) is 0 Å². The molecular formula is C12H12ClNOS2. The first-order chi connectivity index (χ1) is 8.18. The van der Waals surface area contributed by atoms with Gasteiger partial charge in [0.15, 0.2) is 0 Å². The molecule has 0 aromatic carbocycles. The number of amides is 1. The van der Waals surface area contributed by atoms with Crippen molar-refractivity contribution in [3.63, 3.8) is 0 Å². The van der Waals surface area contributed by atoms with Crippen LogP contribution in [-0.4, -0.2) is 11.3 Å². The Labute approximate surface area is 113 Å². The summed E-state index contributed by atoms with van der Waals surface area (Å²) in [5.74, 6) is -0.140. The van der Waals surface area contributed by atoms with Gasteiger partial charge in [0.05, 0.1) is 6.04 Å². The SMILES string of the molecule is CC(Cl)C(=O)NC(c1cccs1)c1cccs1. The molecule has 0 spiro atoms. The Balaban J connectivity index is 2.23. The molecule has 2 aromatic rings. The number of nitrogens with one attached hydrogen (secondary N) is 1. The summed E-state index contributed by atoms with van der Waals surface area (Å²) in [6.07, 6.45) is 0. The highest BCUT2D eigenvalue weighted by Gasteiger charge is 2.20. The molecule has 2 nitrogen and oxygen atoms in total. The van der Waals surface area contributed by atoms with Gasteiger partial charge in [0.2, 0.25) is 5.91 Å². The topological polar surface area (TPSA) is 29.1 Å². The molecular weight excluding hydrogens is 274 g/mol. The Bertz CT molecular complexity index is 430. The molecule has 0 aliphatic carbocycles. The van der Waals surface area contributed by atoms with E-state index < -0.39 is 5.38 Å². The molecule has 1 unspecified atom stereocenters. The Morgan fingerprint density at radius 3 is 2.12 bits per heavy atom. The highest BCUT2D eigenvalue weighted by molar-refractivity contribution is 7.11. The van der Waals surface area contributed by atoms with E-state index in [0.29, 0.717) is 0 Å². The van der Waals surface area contributed by atoms with Crippen molar-refractivity contribution < 1.29 is 4.79 Å². The van der Waals surface area contributed by atoms with Gasteiger partial charge in [-0.05, 0) is 29.8 Å². The van der Waals surface area contributed by atoms with Gasteiger partial charge in [0.25, 0.3) is 0 Å². The third-order valence-corrected chi connectivity index (χ3v) is 4.38. The molecule has 1 N–H and O–H groups in total. The molecule has 1 atom stereocenters. The van der Waals surface area contributed by atoms with Gasteiger partial charge in [-0.15, -0.1) is 34.3 Å². The number of hydrogen-bond acceptors (Lipinski definition) is 3. The minimum Gasteiger partial charge on any atom is -0.342 e. The zero-order valence-electron chi connectivity index (χ0n) is 9.22. The van der Waals surface area contributed by atoms with Crippen molar-refractivity contribution in [2.24, 2.45) is 0 Å². The van der Waals surface area contributed by atoms with Gasteiger partial charge < -0.3 is 5.32 Å². The highest BCUT2D eigenvalue weighted by atomic mass is 35.5. The predicted octanol–water partition coefficient (Wildman–Crippen LogP) is 3.64. The number of carbonyl (C=O) groups is 1. The second-order valence-corrected chi connectivity index (χ2v) is 6.20. The van der Waals surface area contributed by atoms with E-state index in [1.54, 1.807) is 29.6 Å². The minimum absolute atomic E-state index is 0.0799. The molecule has 17 heavy (non-hydrogen) atoms. The molecule has 0 fully saturated rings. The standard InChI is InChI=1S/C12H12ClNOS2/c1-8(13)12(15)14-11(9-4-2-6-16-9)10-5-3-7-17-10/h2-8,11H,1H3,(H,14,15). The Morgan fingerprint density at radius 1 is 1.24 bits per heavy atom. The molecule has 1 amide bonds. The lowest BCUT2D eigenvalue weighted by atomic mass is 10.2. The van der Waals surface area contributed by atoms with Crippen LogP contribution in [0.5, 0.6) is 0 Å². The monoisotopic (exact) mass is 285 g/mol. The van der Waals surface area contributed by atoms with Gasteiger partial charge >= 0.3 is 0 Å². The summed E-state index contributed by atoms with van der Waals surface area (Å²) in [6.45, 7) is 1.68. The van der Waals surface area contributed by atoms with Crippen molar-refractivity contribution in [1.82, 2.24) is 5.32 Å². The van der Waals surface area contributed by atoms with E-state index in [1.807, 2.05) is 35.0 Å². The number of carbonyl (C=O) groups excluding carboxylic acids is 1. The van der Waals surface area contributed by atoms with Crippen LogP contribution in [0.4, 0.5) is 0 Å². The fourth-order valence-corrected chi connectivity index (χ4v) is 3.17. The first-order valence-corrected chi connectivity index (χ1v) is 7.39. The molecule has 5 heteroatoms. The van der Waals surface area contributed by atoms with Crippen LogP contribution in [0.25, 0.3) is 0 Å². The smallest absolute Gasteiger partial charge is 0.238 e. The van der Waals surface area contributed by atoms with Gasteiger partial charge in [-0.25, -0.2) is 0 Å². The Hall–Kier alpha value is -0.840. The average molecular weight is 286 g/mol. The molecule has 0 bridgehead atoms. The van der Waals surface area contributed by atoms with Crippen molar-refractivity contribution in [2.45, 2.75) is 18.3 Å². The zero-order chi connectivity index (χ0) is 12.3. The Morgan fingerprint density at radius 2 is 1.76 bits per heavy atom. The second kappa shape index (κ2) is 5.67. The van der Waals surface area contributed by atoms with Crippen molar-refractivity contribution in [1.29, 1.82) is 0 Å². The average Bonchev–Trinajstić information content (AvgIpc) is 2.98. The lowest BCUT2D eigenvalue weighted by Gasteiger charge is -2.17. The van der Waals surface area contributed by atoms with Crippen LogP contribution in [0.15, 0.2) is 35.0 Å². The predicted molar refractivity (Wildman–Crippen MR) is 73.9 cm³/mol. The summed E-state index contributed by atoms with van der Waals surface area (Å²) in [5, 5.41) is 6.47. The van der Waals surface area contributed by atoms with Gasteiger partial charge in [-0.2, -0.15) is 0 Å². The number of rotatable bonds is 4. The third kappa shape index (κ3) is 3.09. The molecule has 2 heterocycles. The van der Waals surface area contributed by atoms with Crippen LogP contribution < -0.4 is 5.32 Å². The molecule has 0 saturated heterocycles. The first-order valence-electron chi connectivity index (χ1n) is 5.19. The maximum atomic E-state index is 11.7. The lowest BCUT2D eigenvalue weighted by Crippen LogP contribution is -2.33. The maximum Gasteiger partial charge on any atom is 0.238 e. The summed E-state index contributed by atoms with van der Waals surface area (Å²) < 4.78 is 0. The molecule has 0 radical (unpaired) electrons. The summed E-state index contributed by atoms with van der Waals surface area (Å²) >= 11 is 9.05.